The zero-order valence-corrected chi connectivity index (χ0v) is 10.1. The number of rotatable bonds is 3. The molecule has 0 spiro atoms. The zero-order chi connectivity index (χ0) is 11.8. The van der Waals surface area contributed by atoms with Gasteiger partial charge in [-0.25, -0.2) is 8.42 Å². The van der Waals surface area contributed by atoms with Gasteiger partial charge >= 0.3 is 0 Å². The van der Waals surface area contributed by atoms with Crippen LogP contribution in [-0.4, -0.2) is 36.8 Å². The molecule has 2 heterocycles. The highest BCUT2D eigenvalue weighted by Gasteiger charge is 2.37. The quantitative estimate of drug-likeness (QED) is 0.805. The standard InChI is InChI=1S/C10H17N3O2S/c1-8-4-9(5-11)7-13(8)16(14,15)10-2-3-12-6-10/h2-3,6,8-9,12H,4-5,7,11H2,1H3. The van der Waals surface area contributed by atoms with Crippen LogP contribution >= 0.6 is 0 Å². The summed E-state index contributed by atoms with van der Waals surface area (Å²) >= 11 is 0. The van der Waals surface area contributed by atoms with Crippen molar-refractivity contribution in [3.05, 3.63) is 18.5 Å². The number of sulfonamides is 1. The Morgan fingerprint density at radius 3 is 2.88 bits per heavy atom. The van der Waals surface area contributed by atoms with E-state index in [1.54, 1.807) is 16.6 Å². The number of hydrogen-bond donors (Lipinski definition) is 2. The third-order valence-corrected chi connectivity index (χ3v) is 5.09. The fourth-order valence-electron chi connectivity index (χ4n) is 2.22. The van der Waals surface area contributed by atoms with E-state index in [1.165, 1.54) is 6.20 Å². The van der Waals surface area contributed by atoms with Crippen LogP contribution in [0.4, 0.5) is 0 Å². The van der Waals surface area contributed by atoms with Gasteiger partial charge in [0.15, 0.2) is 0 Å². The molecule has 0 bridgehead atoms. The molecule has 1 aromatic heterocycles. The molecule has 1 aromatic rings. The van der Waals surface area contributed by atoms with Gasteiger partial charge in [-0.15, -0.1) is 0 Å². The van der Waals surface area contributed by atoms with Gasteiger partial charge in [-0.2, -0.15) is 4.31 Å². The number of nitrogens with one attached hydrogen (secondary N) is 1. The fraction of sp³-hybridized carbons (Fsp3) is 0.600. The lowest BCUT2D eigenvalue weighted by atomic mass is 10.1. The molecule has 1 saturated heterocycles. The molecule has 2 rings (SSSR count). The first-order chi connectivity index (χ1) is 7.55. The van der Waals surface area contributed by atoms with E-state index in [1.807, 2.05) is 6.92 Å². The summed E-state index contributed by atoms with van der Waals surface area (Å²) in [6.45, 7) is 3.01. The average molecular weight is 243 g/mol. The highest BCUT2D eigenvalue weighted by Crippen LogP contribution is 2.28. The topological polar surface area (TPSA) is 79.2 Å². The minimum absolute atomic E-state index is 0.0356. The molecule has 6 heteroatoms. The highest BCUT2D eigenvalue weighted by molar-refractivity contribution is 7.89. The van der Waals surface area contributed by atoms with Crippen LogP contribution in [0.25, 0.3) is 0 Å². The van der Waals surface area contributed by atoms with Gasteiger partial charge in [0.25, 0.3) is 0 Å². The summed E-state index contributed by atoms with van der Waals surface area (Å²) in [6.07, 6.45) is 3.98. The van der Waals surface area contributed by atoms with Crippen LogP contribution in [0.5, 0.6) is 0 Å². The Hall–Kier alpha value is -0.850. The lowest BCUT2D eigenvalue weighted by Gasteiger charge is -2.20. The number of aromatic amines is 1. The summed E-state index contributed by atoms with van der Waals surface area (Å²) in [5.74, 6) is 0.281. The molecule has 5 nitrogen and oxygen atoms in total. The van der Waals surface area contributed by atoms with Crippen LogP contribution in [0.15, 0.2) is 23.4 Å². The Kier molecular flexibility index (Phi) is 3.05. The van der Waals surface area contributed by atoms with Gasteiger partial charge in [-0.3, -0.25) is 0 Å². The highest BCUT2D eigenvalue weighted by atomic mass is 32.2. The first-order valence-corrected chi connectivity index (χ1v) is 6.84. The Morgan fingerprint density at radius 1 is 1.62 bits per heavy atom. The third-order valence-electron chi connectivity index (χ3n) is 3.11. The van der Waals surface area contributed by atoms with E-state index >= 15 is 0 Å². The molecule has 0 aromatic carbocycles. The van der Waals surface area contributed by atoms with Gasteiger partial charge in [0, 0.05) is 25.0 Å². The summed E-state index contributed by atoms with van der Waals surface area (Å²) in [4.78, 5) is 3.10. The summed E-state index contributed by atoms with van der Waals surface area (Å²) in [5, 5.41) is 0. The number of nitrogens with zero attached hydrogens (tertiary/aromatic N) is 1. The van der Waals surface area contributed by atoms with Gasteiger partial charge in [0.1, 0.15) is 0 Å². The first-order valence-electron chi connectivity index (χ1n) is 5.40. The van der Waals surface area contributed by atoms with Crippen LogP contribution in [0.2, 0.25) is 0 Å². The molecule has 1 aliphatic heterocycles. The second-order valence-corrected chi connectivity index (χ2v) is 6.20. The molecule has 0 radical (unpaired) electrons. The third kappa shape index (κ3) is 1.88. The van der Waals surface area contributed by atoms with E-state index in [0.29, 0.717) is 18.0 Å². The maximum atomic E-state index is 12.2. The van der Waals surface area contributed by atoms with Crippen molar-refractivity contribution in [2.45, 2.75) is 24.3 Å². The molecule has 0 amide bonds. The van der Waals surface area contributed by atoms with Gasteiger partial charge in [0.2, 0.25) is 10.0 Å². The van der Waals surface area contributed by atoms with Crippen LogP contribution in [0, 0.1) is 5.92 Å². The van der Waals surface area contributed by atoms with Gasteiger partial charge in [0.05, 0.1) is 4.90 Å². The second-order valence-electron chi connectivity index (χ2n) is 4.31. The lowest BCUT2D eigenvalue weighted by molar-refractivity contribution is 0.404. The molecule has 2 atom stereocenters. The predicted octanol–water partition coefficient (Wildman–Crippen LogP) is 0.372. The molecule has 1 fully saturated rings. The number of hydrogen-bond acceptors (Lipinski definition) is 3. The van der Waals surface area contributed by atoms with Gasteiger partial charge < -0.3 is 10.7 Å². The molecule has 0 aliphatic carbocycles. The van der Waals surface area contributed by atoms with Crippen LogP contribution in [0.3, 0.4) is 0 Å². The first kappa shape index (κ1) is 11.6. The van der Waals surface area contributed by atoms with E-state index in [-0.39, 0.29) is 12.0 Å². The fourth-order valence-corrected chi connectivity index (χ4v) is 3.91. The predicted molar refractivity (Wildman–Crippen MR) is 61.3 cm³/mol. The lowest BCUT2D eigenvalue weighted by Crippen LogP contribution is -2.34. The number of nitrogens with two attached hydrogens (primary N) is 1. The molecule has 0 saturated carbocycles. The average Bonchev–Trinajstić information content (AvgIpc) is 2.85. The van der Waals surface area contributed by atoms with Crippen molar-refractivity contribution >= 4 is 10.0 Å². The van der Waals surface area contributed by atoms with Crippen molar-refractivity contribution in [3.63, 3.8) is 0 Å². The Labute approximate surface area is 95.7 Å². The van der Waals surface area contributed by atoms with Gasteiger partial charge in [-0.1, -0.05) is 0 Å². The largest absolute Gasteiger partial charge is 0.366 e. The molecular formula is C10H17N3O2S. The smallest absolute Gasteiger partial charge is 0.244 e. The summed E-state index contributed by atoms with van der Waals surface area (Å²) in [5.41, 5.74) is 5.59. The van der Waals surface area contributed by atoms with E-state index in [0.717, 1.165) is 6.42 Å². The number of aromatic nitrogens is 1. The van der Waals surface area contributed by atoms with Crippen molar-refractivity contribution in [2.24, 2.45) is 11.7 Å². The zero-order valence-electron chi connectivity index (χ0n) is 9.26. The van der Waals surface area contributed by atoms with Crippen LogP contribution < -0.4 is 5.73 Å². The summed E-state index contributed by atoms with van der Waals surface area (Å²) < 4.78 is 26.0. The van der Waals surface area contributed by atoms with Crippen LogP contribution in [0.1, 0.15) is 13.3 Å². The maximum Gasteiger partial charge on any atom is 0.244 e. The monoisotopic (exact) mass is 243 g/mol. The van der Waals surface area contributed by atoms with E-state index in [9.17, 15) is 8.42 Å². The molecule has 2 unspecified atom stereocenters. The molecule has 16 heavy (non-hydrogen) atoms. The molecule has 1 aliphatic rings. The van der Waals surface area contributed by atoms with Crippen molar-refractivity contribution in [1.29, 1.82) is 0 Å². The van der Waals surface area contributed by atoms with E-state index < -0.39 is 10.0 Å². The van der Waals surface area contributed by atoms with E-state index in [4.69, 9.17) is 5.73 Å². The van der Waals surface area contributed by atoms with Crippen molar-refractivity contribution < 1.29 is 8.42 Å². The van der Waals surface area contributed by atoms with E-state index in [2.05, 4.69) is 4.98 Å². The Morgan fingerprint density at radius 2 is 2.38 bits per heavy atom. The van der Waals surface area contributed by atoms with Gasteiger partial charge in [-0.05, 0) is 31.9 Å². The summed E-state index contributed by atoms with van der Waals surface area (Å²) in [7, 11) is -3.34. The minimum Gasteiger partial charge on any atom is -0.366 e. The maximum absolute atomic E-state index is 12.2. The van der Waals surface area contributed by atoms with Crippen molar-refractivity contribution in [2.75, 3.05) is 13.1 Å². The van der Waals surface area contributed by atoms with Crippen molar-refractivity contribution in [3.8, 4) is 0 Å². The Balaban J connectivity index is 2.26. The minimum atomic E-state index is -3.34. The second kappa shape index (κ2) is 4.20. The molecule has 3 N–H and O–H groups in total. The molecular weight excluding hydrogens is 226 g/mol. The van der Waals surface area contributed by atoms with Crippen molar-refractivity contribution in [1.82, 2.24) is 9.29 Å². The van der Waals surface area contributed by atoms with Crippen LogP contribution in [-0.2, 0) is 10.0 Å². The molecule has 90 valence electrons. The number of H-pyrrole nitrogens is 1. The Bertz CT molecular complexity index is 441. The summed E-state index contributed by atoms with van der Waals surface area (Å²) in [6, 6.07) is 1.62. The normalized spacial score (nSPS) is 27.4. The SMILES string of the molecule is CC1CC(CN)CN1S(=O)(=O)c1cc[nH]c1.